The van der Waals surface area contributed by atoms with Crippen LogP contribution in [0.25, 0.3) is 17.1 Å². The highest BCUT2D eigenvalue weighted by Crippen LogP contribution is 2.36. The summed E-state index contributed by atoms with van der Waals surface area (Å²) in [4.78, 5) is 37.3. The number of carbonyl (C=O) groups excluding carboxylic acids is 2. The third kappa shape index (κ3) is 6.44. The minimum atomic E-state index is -4.52. The van der Waals surface area contributed by atoms with E-state index in [9.17, 15) is 22.8 Å². The zero-order valence-corrected chi connectivity index (χ0v) is 24.9. The summed E-state index contributed by atoms with van der Waals surface area (Å²) in [5.41, 5.74) is 1.77. The van der Waals surface area contributed by atoms with Gasteiger partial charge in [0.2, 0.25) is 5.91 Å². The minimum Gasteiger partial charge on any atom is -0.378 e. The number of anilines is 3. The van der Waals surface area contributed by atoms with Gasteiger partial charge in [0.25, 0.3) is 0 Å². The van der Waals surface area contributed by atoms with E-state index < -0.39 is 23.6 Å². The molecule has 0 spiro atoms. The quantitative estimate of drug-likeness (QED) is 0.233. The topological polar surface area (TPSA) is 95.7 Å². The number of hydrogen-bond acceptors (Lipinski definition) is 6. The standard InChI is InChI=1S/C30H27F4N7O2S/c1-17(2)22-10-9-20(39(3)4)14-25(22)41-26(42)15-44-29(41)37-28(43)36-24-11-8-18(12-23(24)31)27-35-16-40(38-27)21-7-5-6-19(13-21)30(32,33)34/h5-14,16-17H,15H2,1-4H3,(H,36,43)/b37-29-. The van der Waals surface area contributed by atoms with Gasteiger partial charge in [-0.3, -0.25) is 9.69 Å². The summed E-state index contributed by atoms with van der Waals surface area (Å²) in [5.74, 6) is -0.782. The highest BCUT2D eigenvalue weighted by atomic mass is 32.2. The Hall–Kier alpha value is -4.72. The van der Waals surface area contributed by atoms with Gasteiger partial charge in [-0.1, -0.05) is 37.7 Å². The molecule has 0 unspecified atom stereocenters. The molecule has 14 heteroatoms. The lowest BCUT2D eigenvalue weighted by Gasteiger charge is -2.24. The maximum absolute atomic E-state index is 15.1. The van der Waals surface area contributed by atoms with Crippen molar-refractivity contribution in [2.45, 2.75) is 25.9 Å². The summed E-state index contributed by atoms with van der Waals surface area (Å²) in [7, 11) is 3.77. The molecule has 9 nitrogen and oxygen atoms in total. The molecule has 0 aliphatic carbocycles. The average Bonchev–Trinajstić information content (AvgIpc) is 3.60. The second-order valence-electron chi connectivity index (χ2n) is 10.4. The lowest BCUT2D eigenvalue weighted by molar-refractivity contribution is -0.137. The van der Waals surface area contributed by atoms with Crippen molar-refractivity contribution in [2.75, 3.05) is 35.0 Å². The number of alkyl halides is 3. The maximum atomic E-state index is 15.1. The van der Waals surface area contributed by atoms with Crippen LogP contribution in [0.4, 0.5) is 39.4 Å². The SMILES string of the molecule is CC(C)c1ccc(N(C)C)cc1N1C(=O)CS/C1=N\C(=O)Nc1ccc(-c2ncn(-c3cccc(C(F)(F)F)c3)n2)cc1F. The number of aromatic nitrogens is 3. The van der Waals surface area contributed by atoms with E-state index in [4.69, 9.17) is 0 Å². The number of carbonyl (C=O) groups is 2. The van der Waals surface area contributed by atoms with Crippen molar-refractivity contribution in [3.05, 3.63) is 83.9 Å². The highest BCUT2D eigenvalue weighted by molar-refractivity contribution is 8.15. The Kier molecular flexibility index (Phi) is 8.46. The summed E-state index contributed by atoms with van der Waals surface area (Å²) >= 11 is 1.11. The van der Waals surface area contributed by atoms with Gasteiger partial charge in [0.05, 0.1) is 28.4 Å². The highest BCUT2D eigenvalue weighted by Gasteiger charge is 2.33. The van der Waals surface area contributed by atoms with Crippen LogP contribution >= 0.6 is 11.8 Å². The van der Waals surface area contributed by atoms with Crippen LogP contribution in [0.15, 0.2) is 72.0 Å². The Morgan fingerprint density at radius 3 is 2.55 bits per heavy atom. The third-order valence-electron chi connectivity index (χ3n) is 6.75. The molecule has 3 aromatic carbocycles. The Bertz CT molecular complexity index is 1770. The first kappa shape index (κ1) is 30.7. The van der Waals surface area contributed by atoms with Crippen molar-refractivity contribution in [3.8, 4) is 17.1 Å². The first-order chi connectivity index (χ1) is 20.8. The van der Waals surface area contributed by atoms with E-state index in [1.54, 1.807) is 0 Å². The molecular weight excluding hydrogens is 598 g/mol. The zero-order chi connectivity index (χ0) is 31.8. The minimum absolute atomic E-state index is 0.0665. The monoisotopic (exact) mass is 625 g/mol. The molecular formula is C30H27F4N7O2S. The van der Waals surface area contributed by atoms with Crippen LogP contribution in [-0.2, 0) is 11.0 Å². The Morgan fingerprint density at radius 1 is 1.09 bits per heavy atom. The van der Waals surface area contributed by atoms with Gasteiger partial charge in [-0.25, -0.2) is 18.9 Å². The van der Waals surface area contributed by atoms with E-state index in [0.717, 1.165) is 45.9 Å². The van der Waals surface area contributed by atoms with Crippen molar-refractivity contribution in [2.24, 2.45) is 4.99 Å². The van der Waals surface area contributed by atoms with Crippen molar-refractivity contribution < 1.29 is 27.2 Å². The molecule has 1 aliphatic heterocycles. The van der Waals surface area contributed by atoms with Gasteiger partial charge in [-0.2, -0.15) is 18.2 Å². The lowest BCUT2D eigenvalue weighted by Crippen LogP contribution is -2.31. The molecule has 1 aromatic heterocycles. The van der Waals surface area contributed by atoms with Gasteiger partial charge in [0, 0.05) is 25.3 Å². The van der Waals surface area contributed by atoms with Gasteiger partial charge in [-0.15, -0.1) is 5.10 Å². The fourth-order valence-corrected chi connectivity index (χ4v) is 5.36. The molecule has 1 fully saturated rings. The third-order valence-corrected chi connectivity index (χ3v) is 7.68. The maximum Gasteiger partial charge on any atom is 0.416 e. The predicted molar refractivity (Wildman–Crippen MR) is 163 cm³/mol. The number of urea groups is 1. The zero-order valence-electron chi connectivity index (χ0n) is 24.1. The number of benzene rings is 3. The van der Waals surface area contributed by atoms with Crippen LogP contribution in [0, 0.1) is 5.82 Å². The van der Waals surface area contributed by atoms with E-state index in [1.165, 1.54) is 35.5 Å². The molecule has 1 saturated heterocycles. The number of halogens is 4. The number of nitrogens with one attached hydrogen (secondary N) is 1. The van der Waals surface area contributed by atoms with Crippen LogP contribution in [0.1, 0.15) is 30.9 Å². The Morgan fingerprint density at radius 2 is 1.86 bits per heavy atom. The van der Waals surface area contributed by atoms with Crippen LogP contribution < -0.4 is 15.1 Å². The van der Waals surface area contributed by atoms with Crippen molar-refractivity contribution in [3.63, 3.8) is 0 Å². The molecule has 5 rings (SSSR count). The summed E-state index contributed by atoms with van der Waals surface area (Å²) in [6, 6.07) is 13.3. The molecule has 44 heavy (non-hydrogen) atoms. The van der Waals surface area contributed by atoms with E-state index >= 15 is 4.39 Å². The molecule has 0 atom stereocenters. The number of amides is 3. The second kappa shape index (κ2) is 12.1. The number of rotatable bonds is 6. The molecule has 0 radical (unpaired) electrons. The number of amidine groups is 1. The molecule has 2 heterocycles. The van der Waals surface area contributed by atoms with Crippen LogP contribution in [0.2, 0.25) is 0 Å². The Labute approximate surface area is 254 Å². The number of aliphatic imine (C=N–C) groups is 1. The Balaban J connectivity index is 1.35. The molecule has 0 saturated carbocycles. The van der Waals surface area contributed by atoms with Crippen molar-refractivity contribution in [1.29, 1.82) is 0 Å². The van der Waals surface area contributed by atoms with E-state index in [1.807, 2.05) is 51.0 Å². The fourth-order valence-electron chi connectivity index (χ4n) is 4.50. The average molecular weight is 626 g/mol. The van der Waals surface area contributed by atoms with Crippen molar-refractivity contribution >= 4 is 45.9 Å². The number of thioether (sulfide) groups is 1. The van der Waals surface area contributed by atoms with Crippen molar-refractivity contribution in [1.82, 2.24) is 14.8 Å². The molecule has 3 amide bonds. The van der Waals surface area contributed by atoms with Crippen LogP contribution in [0.5, 0.6) is 0 Å². The largest absolute Gasteiger partial charge is 0.416 e. The fraction of sp³-hybridized carbons (Fsp3) is 0.233. The first-order valence-electron chi connectivity index (χ1n) is 13.4. The first-order valence-corrected chi connectivity index (χ1v) is 14.4. The van der Waals surface area contributed by atoms with Crippen LogP contribution in [-0.4, -0.2) is 51.7 Å². The van der Waals surface area contributed by atoms with Gasteiger partial charge in [0.15, 0.2) is 11.0 Å². The summed E-state index contributed by atoms with van der Waals surface area (Å²) in [5, 5.41) is 6.75. The van der Waals surface area contributed by atoms with Gasteiger partial charge in [0.1, 0.15) is 12.1 Å². The van der Waals surface area contributed by atoms with Gasteiger partial charge < -0.3 is 10.2 Å². The second-order valence-corrected chi connectivity index (χ2v) is 11.3. The molecule has 228 valence electrons. The molecule has 1 N–H and O–H groups in total. The summed E-state index contributed by atoms with van der Waals surface area (Å²) < 4.78 is 55.5. The summed E-state index contributed by atoms with van der Waals surface area (Å²) in [6.45, 7) is 4.01. The van der Waals surface area contributed by atoms with E-state index in [2.05, 4.69) is 20.4 Å². The number of hydrogen-bond donors (Lipinski definition) is 1. The van der Waals surface area contributed by atoms with Gasteiger partial charge in [-0.05, 0) is 60.0 Å². The van der Waals surface area contributed by atoms with E-state index in [-0.39, 0.29) is 45.5 Å². The van der Waals surface area contributed by atoms with E-state index in [0.29, 0.717) is 5.69 Å². The molecule has 4 aromatic rings. The molecule has 0 bridgehead atoms. The van der Waals surface area contributed by atoms with Crippen LogP contribution in [0.3, 0.4) is 0 Å². The smallest absolute Gasteiger partial charge is 0.378 e. The normalized spacial score (nSPS) is 14.5. The van der Waals surface area contributed by atoms with Gasteiger partial charge >= 0.3 is 12.2 Å². The number of nitrogens with zero attached hydrogens (tertiary/aromatic N) is 6. The lowest BCUT2D eigenvalue weighted by atomic mass is 9.99. The molecule has 1 aliphatic rings. The summed E-state index contributed by atoms with van der Waals surface area (Å²) in [6.07, 6.45) is -3.30. The predicted octanol–water partition coefficient (Wildman–Crippen LogP) is 6.95.